The Morgan fingerprint density at radius 2 is 2.14 bits per heavy atom. The van der Waals surface area contributed by atoms with Crippen LogP contribution in [0.15, 0.2) is 24.4 Å². The van der Waals surface area contributed by atoms with Gasteiger partial charge in [0.2, 0.25) is 0 Å². The van der Waals surface area contributed by atoms with E-state index in [1.54, 1.807) is 0 Å². The minimum absolute atomic E-state index is 0.127. The van der Waals surface area contributed by atoms with Gasteiger partial charge in [0, 0.05) is 19.3 Å². The smallest absolute Gasteiger partial charge is 0.0580 e. The fourth-order valence-electron chi connectivity index (χ4n) is 3.44. The van der Waals surface area contributed by atoms with Crippen molar-refractivity contribution in [2.45, 2.75) is 52.7 Å². The number of aromatic nitrogens is 1. The lowest BCUT2D eigenvalue weighted by molar-refractivity contribution is 0.0178. The summed E-state index contributed by atoms with van der Waals surface area (Å²) in [5, 5.41) is 10.3. The highest BCUT2D eigenvalue weighted by atomic mass is 16.3. The Labute approximate surface area is 129 Å². The molecule has 3 heteroatoms. The van der Waals surface area contributed by atoms with E-state index in [9.17, 15) is 5.11 Å². The highest BCUT2D eigenvalue weighted by Crippen LogP contribution is 2.34. The van der Waals surface area contributed by atoms with E-state index in [1.807, 2.05) is 18.3 Å². The van der Waals surface area contributed by atoms with Gasteiger partial charge in [0.05, 0.1) is 11.8 Å². The van der Waals surface area contributed by atoms with Gasteiger partial charge in [0.15, 0.2) is 0 Å². The Bertz CT molecular complexity index is 407. The highest BCUT2D eigenvalue weighted by Gasteiger charge is 2.31. The van der Waals surface area contributed by atoms with E-state index in [2.05, 4.69) is 36.7 Å². The van der Waals surface area contributed by atoms with E-state index < -0.39 is 0 Å². The molecular weight excluding hydrogens is 260 g/mol. The molecule has 21 heavy (non-hydrogen) atoms. The third kappa shape index (κ3) is 4.79. The van der Waals surface area contributed by atoms with Crippen LogP contribution in [-0.2, 0) is 6.54 Å². The van der Waals surface area contributed by atoms with Crippen LogP contribution >= 0.6 is 0 Å². The number of aliphatic hydroxyl groups is 1. The van der Waals surface area contributed by atoms with Crippen LogP contribution in [0.5, 0.6) is 0 Å². The molecule has 3 nitrogen and oxygen atoms in total. The molecule has 1 heterocycles. The van der Waals surface area contributed by atoms with Gasteiger partial charge >= 0.3 is 0 Å². The summed E-state index contributed by atoms with van der Waals surface area (Å²) in [5.74, 6) is 1.91. The molecule has 1 aromatic heterocycles. The number of rotatable bonds is 6. The molecule has 1 saturated carbocycles. The van der Waals surface area contributed by atoms with Crippen LogP contribution in [0, 0.1) is 17.8 Å². The SMILES string of the molecule is CCN(Cc1ccccn1)CC1CC(C(C)C)CCC1O. The molecule has 0 saturated heterocycles. The first-order valence-electron chi connectivity index (χ1n) is 8.40. The third-order valence-electron chi connectivity index (χ3n) is 4.98. The molecule has 3 unspecified atom stereocenters. The standard InChI is InChI=1S/C18H30N2O/c1-4-20(13-17-7-5-6-10-19-17)12-16-11-15(14(2)3)8-9-18(16)21/h5-7,10,14-16,18,21H,4,8-9,11-13H2,1-3H3. The molecule has 1 fully saturated rings. The van der Waals surface area contributed by atoms with Crippen molar-refractivity contribution in [1.29, 1.82) is 0 Å². The van der Waals surface area contributed by atoms with Crippen molar-refractivity contribution in [1.82, 2.24) is 9.88 Å². The van der Waals surface area contributed by atoms with Gasteiger partial charge in [-0.1, -0.05) is 26.8 Å². The zero-order valence-corrected chi connectivity index (χ0v) is 13.7. The van der Waals surface area contributed by atoms with Crippen LogP contribution in [0.25, 0.3) is 0 Å². The number of hydrogen-bond donors (Lipinski definition) is 1. The van der Waals surface area contributed by atoms with Crippen molar-refractivity contribution < 1.29 is 5.11 Å². The number of nitrogens with zero attached hydrogens (tertiary/aromatic N) is 2. The Kier molecular flexibility index (Phi) is 6.19. The quantitative estimate of drug-likeness (QED) is 0.873. The van der Waals surface area contributed by atoms with Crippen molar-refractivity contribution in [3.8, 4) is 0 Å². The second kappa shape index (κ2) is 7.90. The molecule has 1 aliphatic rings. The first-order valence-corrected chi connectivity index (χ1v) is 8.40. The van der Waals surface area contributed by atoms with Gasteiger partial charge in [-0.3, -0.25) is 9.88 Å². The normalized spacial score (nSPS) is 26.5. The van der Waals surface area contributed by atoms with Gasteiger partial charge in [-0.15, -0.1) is 0 Å². The monoisotopic (exact) mass is 290 g/mol. The summed E-state index contributed by atoms with van der Waals surface area (Å²) in [4.78, 5) is 6.83. The van der Waals surface area contributed by atoms with Crippen LogP contribution in [0.4, 0.5) is 0 Å². The lowest BCUT2D eigenvalue weighted by Crippen LogP contribution is -2.39. The third-order valence-corrected chi connectivity index (χ3v) is 4.98. The molecule has 0 radical (unpaired) electrons. The van der Waals surface area contributed by atoms with Gasteiger partial charge in [-0.25, -0.2) is 0 Å². The molecule has 1 aliphatic carbocycles. The summed E-state index contributed by atoms with van der Waals surface area (Å²) in [6.07, 6.45) is 5.04. The highest BCUT2D eigenvalue weighted by molar-refractivity contribution is 5.03. The first-order chi connectivity index (χ1) is 10.1. The van der Waals surface area contributed by atoms with Crippen LogP contribution in [-0.4, -0.2) is 34.2 Å². The molecule has 3 atom stereocenters. The van der Waals surface area contributed by atoms with E-state index in [4.69, 9.17) is 0 Å². The van der Waals surface area contributed by atoms with E-state index in [0.717, 1.165) is 50.0 Å². The van der Waals surface area contributed by atoms with Gasteiger partial charge in [0.1, 0.15) is 0 Å². The van der Waals surface area contributed by atoms with E-state index in [1.165, 1.54) is 6.42 Å². The molecular formula is C18H30N2O. The van der Waals surface area contributed by atoms with Gasteiger partial charge in [0.25, 0.3) is 0 Å². The predicted molar refractivity (Wildman–Crippen MR) is 86.9 cm³/mol. The molecule has 2 rings (SSSR count). The molecule has 0 spiro atoms. The molecule has 0 bridgehead atoms. The average molecular weight is 290 g/mol. The Hall–Kier alpha value is -0.930. The maximum atomic E-state index is 10.3. The largest absolute Gasteiger partial charge is 0.393 e. The molecule has 1 N–H and O–H groups in total. The number of hydrogen-bond acceptors (Lipinski definition) is 3. The minimum atomic E-state index is -0.127. The maximum Gasteiger partial charge on any atom is 0.0580 e. The average Bonchev–Trinajstić information content (AvgIpc) is 2.49. The molecule has 0 aromatic carbocycles. The van der Waals surface area contributed by atoms with Gasteiger partial charge < -0.3 is 5.11 Å². The Morgan fingerprint density at radius 1 is 1.33 bits per heavy atom. The summed E-state index contributed by atoms with van der Waals surface area (Å²) in [6, 6.07) is 6.08. The minimum Gasteiger partial charge on any atom is -0.393 e. The van der Waals surface area contributed by atoms with Crippen molar-refractivity contribution in [3.63, 3.8) is 0 Å². The van der Waals surface area contributed by atoms with E-state index >= 15 is 0 Å². The lowest BCUT2D eigenvalue weighted by Gasteiger charge is -2.37. The topological polar surface area (TPSA) is 36.4 Å². The molecule has 118 valence electrons. The zero-order valence-electron chi connectivity index (χ0n) is 13.7. The summed E-state index contributed by atoms with van der Waals surface area (Å²) in [6.45, 7) is 9.68. The van der Waals surface area contributed by atoms with E-state index in [-0.39, 0.29) is 6.10 Å². The van der Waals surface area contributed by atoms with Gasteiger partial charge in [-0.05, 0) is 55.7 Å². The lowest BCUT2D eigenvalue weighted by atomic mass is 9.74. The van der Waals surface area contributed by atoms with Crippen molar-refractivity contribution in [3.05, 3.63) is 30.1 Å². The second-order valence-corrected chi connectivity index (χ2v) is 6.79. The van der Waals surface area contributed by atoms with Gasteiger partial charge in [-0.2, -0.15) is 0 Å². The van der Waals surface area contributed by atoms with Crippen molar-refractivity contribution in [2.24, 2.45) is 17.8 Å². The van der Waals surface area contributed by atoms with Crippen LogP contribution in [0.2, 0.25) is 0 Å². The van der Waals surface area contributed by atoms with E-state index in [0.29, 0.717) is 5.92 Å². The van der Waals surface area contributed by atoms with Crippen molar-refractivity contribution in [2.75, 3.05) is 13.1 Å². The summed E-state index contributed by atoms with van der Waals surface area (Å²) in [7, 11) is 0. The van der Waals surface area contributed by atoms with Crippen LogP contribution in [0.3, 0.4) is 0 Å². The Morgan fingerprint density at radius 3 is 2.76 bits per heavy atom. The summed E-state index contributed by atoms with van der Waals surface area (Å²) < 4.78 is 0. The Balaban J connectivity index is 1.93. The first kappa shape index (κ1) is 16.4. The number of pyridine rings is 1. The predicted octanol–water partition coefficient (Wildman–Crippen LogP) is 3.34. The molecule has 1 aromatic rings. The molecule has 0 amide bonds. The summed E-state index contributed by atoms with van der Waals surface area (Å²) in [5.41, 5.74) is 1.12. The number of aliphatic hydroxyl groups excluding tert-OH is 1. The summed E-state index contributed by atoms with van der Waals surface area (Å²) >= 11 is 0. The fourth-order valence-corrected chi connectivity index (χ4v) is 3.44. The van der Waals surface area contributed by atoms with Crippen LogP contribution in [0.1, 0.15) is 45.7 Å². The van der Waals surface area contributed by atoms with Crippen LogP contribution < -0.4 is 0 Å². The molecule has 0 aliphatic heterocycles. The van der Waals surface area contributed by atoms with Crippen molar-refractivity contribution >= 4 is 0 Å². The fraction of sp³-hybridized carbons (Fsp3) is 0.722. The zero-order chi connectivity index (χ0) is 15.2. The maximum absolute atomic E-state index is 10.3. The second-order valence-electron chi connectivity index (χ2n) is 6.79.